The molecule has 0 atom stereocenters. The van der Waals surface area contributed by atoms with Crippen LogP contribution in [0.25, 0.3) is 0 Å². The van der Waals surface area contributed by atoms with Gasteiger partial charge in [0.25, 0.3) is 0 Å². The Morgan fingerprint density at radius 3 is 2.06 bits per heavy atom. The average Bonchev–Trinajstić information content (AvgIpc) is 2.17. The van der Waals surface area contributed by atoms with Crippen LogP contribution in [0.15, 0.2) is 43.5 Å². The van der Waals surface area contributed by atoms with Crippen molar-refractivity contribution in [3.8, 4) is 0 Å². The Morgan fingerprint density at radius 2 is 1.69 bits per heavy atom. The molecule has 0 saturated carbocycles. The molecule has 0 radical (unpaired) electrons. The standard InChI is InChI=1S/C13H15NO2/c1-3-5-10-7-11(6-4-2)9-12(8-10)14-13(15)16/h3-4,7-9,14H,1-2,5-6H2,(H,15,16). The quantitative estimate of drug-likeness (QED) is 0.744. The summed E-state index contributed by atoms with van der Waals surface area (Å²) >= 11 is 0. The van der Waals surface area contributed by atoms with E-state index in [1.165, 1.54) is 0 Å². The Hall–Kier alpha value is -2.03. The van der Waals surface area contributed by atoms with Gasteiger partial charge >= 0.3 is 6.09 Å². The largest absolute Gasteiger partial charge is 0.465 e. The molecule has 0 bridgehead atoms. The molecule has 3 heteroatoms. The van der Waals surface area contributed by atoms with Gasteiger partial charge in [0.05, 0.1) is 0 Å². The van der Waals surface area contributed by atoms with Gasteiger partial charge in [0, 0.05) is 5.69 Å². The van der Waals surface area contributed by atoms with Crippen LogP contribution in [0.5, 0.6) is 0 Å². The fourth-order valence-corrected chi connectivity index (χ4v) is 1.53. The average molecular weight is 217 g/mol. The molecule has 3 nitrogen and oxygen atoms in total. The van der Waals surface area contributed by atoms with Gasteiger partial charge in [-0.1, -0.05) is 18.2 Å². The molecule has 0 heterocycles. The Bertz CT molecular complexity index is 382. The second-order valence-corrected chi connectivity index (χ2v) is 3.45. The number of hydrogen-bond acceptors (Lipinski definition) is 1. The van der Waals surface area contributed by atoms with E-state index in [1.54, 1.807) is 12.2 Å². The third kappa shape index (κ3) is 3.61. The highest BCUT2D eigenvalue weighted by molar-refractivity contribution is 5.83. The van der Waals surface area contributed by atoms with Crippen molar-refractivity contribution in [3.05, 3.63) is 54.6 Å². The van der Waals surface area contributed by atoms with E-state index in [-0.39, 0.29) is 0 Å². The Morgan fingerprint density at radius 1 is 1.19 bits per heavy atom. The number of benzene rings is 1. The van der Waals surface area contributed by atoms with Gasteiger partial charge in [-0.15, -0.1) is 13.2 Å². The molecular weight excluding hydrogens is 202 g/mol. The zero-order valence-electron chi connectivity index (χ0n) is 9.07. The number of amides is 1. The molecular formula is C13H15NO2. The number of allylic oxidation sites excluding steroid dienone is 2. The summed E-state index contributed by atoms with van der Waals surface area (Å²) in [5.41, 5.74) is 2.67. The molecule has 16 heavy (non-hydrogen) atoms. The van der Waals surface area contributed by atoms with Gasteiger partial charge in [-0.2, -0.15) is 0 Å². The molecule has 0 aliphatic rings. The summed E-state index contributed by atoms with van der Waals surface area (Å²) in [7, 11) is 0. The van der Waals surface area contributed by atoms with E-state index in [0.29, 0.717) is 5.69 Å². The summed E-state index contributed by atoms with van der Waals surface area (Å²) in [6.07, 6.45) is 3.97. The zero-order valence-corrected chi connectivity index (χ0v) is 9.07. The first-order valence-electron chi connectivity index (χ1n) is 5.00. The van der Waals surface area contributed by atoms with E-state index in [0.717, 1.165) is 24.0 Å². The number of carbonyl (C=O) groups is 1. The topological polar surface area (TPSA) is 49.3 Å². The highest BCUT2D eigenvalue weighted by Crippen LogP contribution is 2.16. The van der Waals surface area contributed by atoms with E-state index in [2.05, 4.69) is 18.5 Å². The molecule has 84 valence electrons. The molecule has 0 aliphatic carbocycles. The zero-order chi connectivity index (χ0) is 12.0. The SMILES string of the molecule is C=CCc1cc(CC=C)cc(NC(=O)O)c1. The molecule has 0 aliphatic heterocycles. The lowest BCUT2D eigenvalue weighted by molar-refractivity contribution is 0.210. The molecule has 0 spiro atoms. The number of nitrogens with one attached hydrogen (secondary N) is 1. The van der Waals surface area contributed by atoms with Gasteiger partial charge in [0.2, 0.25) is 0 Å². The molecule has 0 aromatic heterocycles. The molecule has 1 amide bonds. The predicted octanol–water partition coefficient (Wildman–Crippen LogP) is 3.23. The van der Waals surface area contributed by atoms with Crippen LogP contribution in [-0.4, -0.2) is 11.2 Å². The fraction of sp³-hybridized carbons (Fsp3) is 0.154. The van der Waals surface area contributed by atoms with Gasteiger partial charge in [-0.05, 0) is 36.1 Å². The summed E-state index contributed by atoms with van der Waals surface area (Å²) < 4.78 is 0. The van der Waals surface area contributed by atoms with Crippen molar-refractivity contribution < 1.29 is 9.90 Å². The number of rotatable bonds is 5. The van der Waals surface area contributed by atoms with Gasteiger partial charge in [-0.25, -0.2) is 4.79 Å². The number of anilines is 1. The van der Waals surface area contributed by atoms with Crippen molar-refractivity contribution >= 4 is 11.8 Å². The van der Waals surface area contributed by atoms with Crippen LogP contribution >= 0.6 is 0 Å². The normalized spacial score (nSPS) is 9.50. The summed E-state index contributed by atoms with van der Waals surface area (Å²) in [5.74, 6) is 0. The lowest BCUT2D eigenvalue weighted by atomic mass is 10.0. The van der Waals surface area contributed by atoms with Crippen LogP contribution in [-0.2, 0) is 12.8 Å². The van der Waals surface area contributed by atoms with Crippen LogP contribution in [0, 0.1) is 0 Å². The number of carboxylic acid groups (broad SMARTS) is 1. The van der Waals surface area contributed by atoms with Gasteiger partial charge in [-0.3, -0.25) is 5.32 Å². The molecule has 1 aromatic rings. The molecule has 1 rings (SSSR count). The van der Waals surface area contributed by atoms with Crippen LogP contribution in [0.2, 0.25) is 0 Å². The van der Waals surface area contributed by atoms with E-state index in [9.17, 15) is 4.79 Å². The predicted molar refractivity (Wildman–Crippen MR) is 65.9 cm³/mol. The first-order valence-corrected chi connectivity index (χ1v) is 5.00. The van der Waals surface area contributed by atoms with Crippen molar-refractivity contribution in [2.75, 3.05) is 5.32 Å². The van der Waals surface area contributed by atoms with Crippen LogP contribution in [0.3, 0.4) is 0 Å². The molecule has 1 aromatic carbocycles. The fourth-order valence-electron chi connectivity index (χ4n) is 1.53. The summed E-state index contributed by atoms with van der Waals surface area (Å²) in [6.45, 7) is 7.33. The monoisotopic (exact) mass is 217 g/mol. The second kappa shape index (κ2) is 5.75. The van der Waals surface area contributed by atoms with Crippen molar-refractivity contribution in [2.24, 2.45) is 0 Å². The third-order valence-electron chi connectivity index (χ3n) is 2.06. The lowest BCUT2D eigenvalue weighted by Crippen LogP contribution is -2.07. The summed E-state index contributed by atoms with van der Waals surface area (Å²) in [4.78, 5) is 10.6. The van der Waals surface area contributed by atoms with Crippen molar-refractivity contribution in [1.82, 2.24) is 0 Å². The molecule has 0 saturated heterocycles. The van der Waals surface area contributed by atoms with Crippen LogP contribution in [0.4, 0.5) is 10.5 Å². The van der Waals surface area contributed by atoms with Crippen molar-refractivity contribution in [2.45, 2.75) is 12.8 Å². The maximum absolute atomic E-state index is 10.6. The molecule has 0 unspecified atom stereocenters. The maximum Gasteiger partial charge on any atom is 0.409 e. The maximum atomic E-state index is 10.6. The van der Waals surface area contributed by atoms with Crippen molar-refractivity contribution in [3.63, 3.8) is 0 Å². The minimum absolute atomic E-state index is 0.587. The second-order valence-electron chi connectivity index (χ2n) is 3.45. The minimum Gasteiger partial charge on any atom is -0.465 e. The van der Waals surface area contributed by atoms with Crippen LogP contribution in [0.1, 0.15) is 11.1 Å². The van der Waals surface area contributed by atoms with Crippen LogP contribution < -0.4 is 5.32 Å². The van der Waals surface area contributed by atoms with E-state index < -0.39 is 6.09 Å². The van der Waals surface area contributed by atoms with E-state index in [4.69, 9.17) is 5.11 Å². The Balaban J connectivity index is 3.01. The highest BCUT2D eigenvalue weighted by atomic mass is 16.4. The van der Waals surface area contributed by atoms with Crippen molar-refractivity contribution in [1.29, 1.82) is 0 Å². The first kappa shape index (κ1) is 12.0. The lowest BCUT2D eigenvalue weighted by Gasteiger charge is -2.07. The summed E-state index contributed by atoms with van der Waals surface area (Å²) in [6, 6.07) is 5.64. The third-order valence-corrected chi connectivity index (χ3v) is 2.06. The Labute approximate surface area is 95.1 Å². The summed E-state index contributed by atoms with van der Waals surface area (Å²) in [5, 5.41) is 11.0. The van der Waals surface area contributed by atoms with Gasteiger partial charge < -0.3 is 5.11 Å². The number of hydrogen-bond donors (Lipinski definition) is 2. The Kier molecular flexibility index (Phi) is 4.33. The van der Waals surface area contributed by atoms with E-state index >= 15 is 0 Å². The molecule has 2 N–H and O–H groups in total. The van der Waals surface area contributed by atoms with Gasteiger partial charge in [0.1, 0.15) is 0 Å². The minimum atomic E-state index is -1.06. The van der Waals surface area contributed by atoms with Gasteiger partial charge in [0.15, 0.2) is 0 Å². The highest BCUT2D eigenvalue weighted by Gasteiger charge is 2.02. The van der Waals surface area contributed by atoms with E-state index in [1.807, 2.05) is 18.2 Å². The molecule has 0 fully saturated rings. The smallest absolute Gasteiger partial charge is 0.409 e. The first-order chi connectivity index (χ1) is 7.65.